The Hall–Kier alpha value is -3.26. The minimum absolute atomic E-state index is 0.00648. The van der Waals surface area contributed by atoms with Gasteiger partial charge in [0.1, 0.15) is 17.3 Å². The average Bonchev–Trinajstić information content (AvgIpc) is 2.97. The minimum Gasteiger partial charge on any atom is -0.507 e. The molecule has 3 rings (SSSR count). The first-order valence-corrected chi connectivity index (χ1v) is 9.02. The van der Waals surface area contributed by atoms with Crippen LogP contribution < -0.4 is 4.74 Å². The first kappa shape index (κ1) is 20.5. The molecule has 29 heavy (non-hydrogen) atoms. The van der Waals surface area contributed by atoms with Gasteiger partial charge in [-0.05, 0) is 43.9 Å². The molecule has 2 heterocycles. The molecular weight excluding hydrogens is 377 g/mol. The maximum absolute atomic E-state index is 13.8. The fourth-order valence-electron chi connectivity index (χ4n) is 3.31. The van der Waals surface area contributed by atoms with Crippen molar-refractivity contribution < 1.29 is 23.8 Å². The number of pyridine rings is 1. The Bertz CT molecular complexity index is 960. The van der Waals surface area contributed by atoms with Gasteiger partial charge in [0.15, 0.2) is 0 Å². The number of hydrogen-bond donors (Lipinski definition) is 1. The van der Waals surface area contributed by atoms with Gasteiger partial charge in [0.2, 0.25) is 0 Å². The van der Waals surface area contributed by atoms with Crippen LogP contribution in [0.4, 0.5) is 4.39 Å². The molecule has 0 radical (unpaired) electrons. The maximum atomic E-state index is 13.8. The average molecular weight is 399 g/mol. The molecule has 1 aliphatic rings. The van der Waals surface area contributed by atoms with Crippen molar-refractivity contribution in [2.75, 3.05) is 34.3 Å². The molecular formula is C21H22FN3O4. The van der Waals surface area contributed by atoms with Gasteiger partial charge in [-0.1, -0.05) is 6.07 Å². The summed E-state index contributed by atoms with van der Waals surface area (Å²) in [4.78, 5) is 33.0. The first-order chi connectivity index (χ1) is 13.8. The van der Waals surface area contributed by atoms with Crippen LogP contribution in [-0.4, -0.2) is 65.9 Å². The number of aliphatic hydroxyl groups excluding tert-OH is 1. The molecule has 1 aliphatic heterocycles. The number of amides is 1. The fraction of sp³-hybridized carbons (Fsp3) is 0.286. The molecule has 0 aliphatic carbocycles. The lowest BCUT2D eigenvalue weighted by Crippen LogP contribution is -2.35. The van der Waals surface area contributed by atoms with Crippen molar-refractivity contribution in [3.63, 3.8) is 0 Å². The van der Waals surface area contributed by atoms with Crippen molar-refractivity contribution in [2.45, 2.75) is 6.04 Å². The summed E-state index contributed by atoms with van der Waals surface area (Å²) in [6.07, 6.45) is 3.11. The van der Waals surface area contributed by atoms with Gasteiger partial charge in [-0.3, -0.25) is 14.6 Å². The van der Waals surface area contributed by atoms with Crippen LogP contribution in [0.3, 0.4) is 0 Å². The molecule has 0 spiro atoms. The highest BCUT2D eigenvalue weighted by molar-refractivity contribution is 6.46. The second-order valence-electron chi connectivity index (χ2n) is 6.93. The van der Waals surface area contributed by atoms with Gasteiger partial charge < -0.3 is 19.6 Å². The summed E-state index contributed by atoms with van der Waals surface area (Å²) in [5, 5.41) is 11.0. The number of carbonyl (C=O) groups excluding carboxylic acids is 2. The van der Waals surface area contributed by atoms with Crippen molar-refractivity contribution in [1.29, 1.82) is 0 Å². The normalized spacial score (nSPS) is 18.5. The summed E-state index contributed by atoms with van der Waals surface area (Å²) in [7, 11) is 5.08. The number of Topliss-reactive ketones (excluding diaryl/α,β-unsaturated/α-hetero) is 1. The molecule has 7 nitrogen and oxygen atoms in total. The number of likely N-dealkylation sites (N-methyl/N-ethyl adjacent to an activating group) is 1. The van der Waals surface area contributed by atoms with E-state index in [0.717, 1.165) is 6.07 Å². The van der Waals surface area contributed by atoms with E-state index in [9.17, 15) is 19.1 Å². The lowest BCUT2D eigenvalue weighted by atomic mass is 9.96. The SMILES string of the molecule is COc1ccc(F)cc1/C(O)=C1\C(=O)C(=O)N(CCN(C)C)[C@@H]1c1cccnc1. The predicted molar refractivity (Wildman–Crippen MR) is 105 cm³/mol. The van der Waals surface area contributed by atoms with E-state index >= 15 is 0 Å². The Morgan fingerprint density at radius 2 is 2.07 bits per heavy atom. The summed E-state index contributed by atoms with van der Waals surface area (Å²) in [6.45, 7) is 0.793. The predicted octanol–water partition coefficient (Wildman–Crippen LogP) is 2.21. The largest absolute Gasteiger partial charge is 0.507 e. The van der Waals surface area contributed by atoms with Crippen LogP contribution in [0.25, 0.3) is 5.76 Å². The van der Waals surface area contributed by atoms with Gasteiger partial charge in [0, 0.05) is 25.5 Å². The Balaban J connectivity index is 2.19. The number of aromatic nitrogens is 1. The smallest absolute Gasteiger partial charge is 0.295 e. The molecule has 1 aromatic heterocycles. The molecule has 2 aromatic rings. The number of hydrogen-bond acceptors (Lipinski definition) is 6. The van der Waals surface area contributed by atoms with Crippen LogP contribution in [0.2, 0.25) is 0 Å². The van der Waals surface area contributed by atoms with E-state index in [1.807, 2.05) is 19.0 Å². The van der Waals surface area contributed by atoms with E-state index in [0.29, 0.717) is 12.1 Å². The lowest BCUT2D eigenvalue weighted by molar-refractivity contribution is -0.140. The summed E-state index contributed by atoms with van der Waals surface area (Å²) in [6, 6.07) is 6.18. The van der Waals surface area contributed by atoms with E-state index < -0.39 is 29.3 Å². The maximum Gasteiger partial charge on any atom is 0.295 e. The van der Waals surface area contributed by atoms with Gasteiger partial charge in [-0.25, -0.2) is 4.39 Å². The zero-order valence-corrected chi connectivity index (χ0v) is 16.4. The van der Waals surface area contributed by atoms with E-state index in [2.05, 4.69) is 4.98 Å². The van der Waals surface area contributed by atoms with Crippen LogP contribution in [0.1, 0.15) is 17.2 Å². The molecule has 0 bridgehead atoms. The zero-order valence-electron chi connectivity index (χ0n) is 16.4. The molecule has 0 unspecified atom stereocenters. The monoisotopic (exact) mass is 399 g/mol. The van der Waals surface area contributed by atoms with Crippen LogP contribution >= 0.6 is 0 Å². The Morgan fingerprint density at radius 3 is 2.69 bits per heavy atom. The minimum atomic E-state index is -0.836. The molecule has 0 saturated carbocycles. The molecule has 152 valence electrons. The first-order valence-electron chi connectivity index (χ1n) is 9.02. The molecule has 1 fully saturated rings. The van der Waals surface area contributed by atoms with Crippen LogP contribution in [0, 0.1) is 5.82 Å². The molecule has 1 saturated heterocycles. The standard InChI is InChI=1S/C21H22FN3O4/c1-24(2)9-10-25-18(13-5-4-8-23-12-13)17(20(27)21(25)28)19(26)15-11-14(22)6-7-16(15)29-3/h4-8,11-12,18,26H,9-10H2,1-3H3/b19-17+/t18-/m1/s1. The summed E-state index contributed by atoms with van der Waals surface area (Å²) in [5.74, 6) is -2.46. The quantitative estimate of drug-likeness (QED) is 0.456. The highest BCUT2D eigenvalue weighted by Crippen LogP contribution is 2.40. The van der Waals surface area contributed by atoms with Crippen molar-refractivity contribution in [3.05, 3.63) is 65.2 Å². The van der Waals surface area contributed by atoms with E-state index in [1.54, 1.807) is 18.3 Å². The van der Waals surface area contributed by atoms with Gasteiger partial charge in [-0.2, -0.15) is 0 Å². The molecule has 8 heteroatoms. The number of rotatable bonds is 6. The van der Waals surface area contributed by atoms with E-state index in [-0.39, 0.29) is 23.4 Å². The fourth-order valence-corrected chi connectivity index (χ4v) is 3.31. The highest BCUT2D eigenvalue weighted by atomic mass is 19.1. The number of halogens is 1. The van der Waals surface area contributed by atoms with Crippen molar-refractivity contribution >= 4 is 17.4 Å². The Kier molecular flexibility index (Phi) is 5.93. The number of methoxy groups -OCH3 is 1. The van der Waals surface area contributed by atoms with Crippen LogP contribution in [0.15, 0.2) is 48.3 Å². The van der Waals surface area contributed by atoms with Gasteiger partial charge in [0.05, 0.1) is 24.3 Å². The van der Waals surface area contributed by atoms with Crippen molar-refractivity contribution in [2.24, 2.45) is 0 Å². The third-order valence-corrected chi connectivity index (χ3v) is 4.74. The molecule has 1 atom stereocenters. The third-order valence-electron chi connectivity index (χ3n) is 4.74. The lowest BCUT2D eigenvalue weighted by Gasteiger charge is -2.26. The number of aliphatic hydroxyl groups is 1. The van der Waals surface area contributed by atoms with Gasteiger partial charge in [-0.15, -0.1) is 0 Å². The molecule has 1 aromatic carbocycles. The van der Waals surface area contributed by atoms with E-state index in [1.165, 1.54) is 30.3 Å². The zero-order chi connectivity index (χ0) is 21.1. The van der Waals surface area contributed by atoms with Crippen LogP contribution in [0.5, 0.6) is 5.75 Å². The number of ether oxygens (including phenoxy) is 1. The van der Waals surface area contributed by atoms with Gasteiger partial charge in [0.25, 0.3) is 11.7 Å². The number of nitrogens with zero attached hydrogens (tertiary/aromatic N) is 3. The number of ketones is 1. The van der Waals surface area contributed by atoms with Gasteiger partial charge >= 0.3 is 0 Å². The number of benzene rings is 1. The number of carbonyl (C=O) groups is 2. The molecule has 1 amide bonds. The van der Waals surface area contributed by atoms with Crippen molar-refractivity contribution in [1.82, 2.24) is 14.8 Å². The summed E-state index contributed by atoms with van der Waals surface area (Å²) >= 11 is 0. The van der Waals surface area contributed by atoms with Crippen molar-refractivity contribution in [3.8, 4) is 5.75 Å². The molecule has 1 N–H and O–H groups in total. The second kappa shape index (κ2) is 8.40. The van der Waals surface area contributed by atoms with E-state index in [4.69, 9.17) is 4.74 Å². The Morgan fingerprint density at radius 1 is 1.31 bits per heavy atom. The highest BCUT2D eigenvalue weighted by Gasteiger charge is 2.46. The third kappa shape index (κ3) is 3.97. The summed E-state index contributed by atoms with van der Waals surface area (Å²) < 4.78 is 19.0. The van der Waals surface area contributed by atoms with Crippen LogP contribution in [-0.2, 0) is 9.59 Å². The summed E-state index contributed by atoms with van der Waals surface area (Å²) in [5.41, 5.74) is 0.458. The Labute approximate surface area is 168 Å². The topological polar surface area (TPSA) is 83.0 Å². The number of likely N-dealkylation sites (tertiary alicyclic amines) is 1. The second-order valence-corrected chi connectivity index (χ2v) is 6.93.